The predicted octanol–water partition coefficient (Wildman–Crippen LogP) is 2.26. The number of nitrogen functional groups attached to an aromatic ring is 1. The van der Waals surface area contributed by atoms with Crippen LogP contribution in [-0.2, 0) is 6.42 Å². The number of para-hydroxylation sites is 1. The Morgan fingerprint density at radius 3 is 2.59 bits per heavy atom. The lowest BCUT2D eigenvalue weighted by Crippen LogP contribution is -2.26. The predicted molar refractivity (Wildman–Crippen MR) is 86.4 cm³/mol. The first-order valence-corrected chi connectivity index (χ1v) is 6.99. The van der Waals surface area contributed by atoms with Crippen molar-refractivity contribution in [2.24, 2.45) is 0 Å². The van der Waals surface area contributed by atoms with Crippen molar-refractivity contribution in [2.45, 2.75) is 6.42 Å². The number of hydrogen-bond donors (Lipinski definition) is 2. The van der Waals surface area contributed by atoms with E-state index in [1.165, 1.54) is 0 Å². The van der Waals surface area contributed by atoms with Gasteiger partial charge in [-0.05, 0) is 42.3 Å². The number of carbonyl (C=O) groups excluding carboxylic acids is 1. The number of rotatable bonds is 6. The Bertz CT molecular complexity index is 656. The second kappa shape index (κ2) is 7.36. The second-order valence-electron chi connectivity index (χ2n) is 4.77. The summed E-state index contributed by atoms with van der Waals surface area (Å²) in [6.45, 7) is 0.483. The number of amides is 1. The zero-order valence-corrected chi connectivity index (χ0v) is 12.8. The van der Waals surface area contributed by atoms with E-state index in [0.717, 1.165) is 17.1 Å². The van der Waals surface area contributed by atoms with Gasteiger partial charge < -0.3 is 20.5 Å². The maximum Gasteiger partial charge on any atom is 0.253 e. The molecule has 0 aromatic heterocycles. The minimum absolute atomic E-state index is 0.181. The molecule has 1 amide bonds. The molecule has 116 valence electrons. The Kier molecular flexibility index (Phi) is 5.25. The van der Waals surface area contributed by atoms with Crippen LogP contribution in [0.5, 0.6) is 11.5 Å². The van der Waals surface area contributed by atoms with E-state index in [1.54, 1.807) is 38.5 Å². The van der Waals surface area contributed by atoms with Crippen LogP contribution in [0.15, 0.2) is 42.5 Å². The minimum Gasteiger partial charge on any atom is -0.497 e. The van der Waals surface area contributed by atoms with Gasteiger partial charge in [-0.15, -0.1) is 0 Å². The molecule has 0 saturated carbocycles. The molecule has 0 saturated heterocycles. The third-order valence-electron chi connectivity index (χ3n) is 3.37. The molecule has 0 unspecified atom stereocenters. The third kappa shape index (κ3) is 3.69. The molecule has 0 atom stereocenters. The van der Waals surface area contributed by atoms with E-state index in [4.69, 9.17) is 15.2 Å². The van der Waals surface area contributed by atoms with Gasteiger partial charge in [0.15, 0.2) is 0 Å². The van der Waals surface area contributed by atoms with Crippen LogP contribution in [0.2, 0.25) is 0 Å². The van der Waals surface area contributed by atoms with Crippen molar-refractivity contribution >= 4 is 11.6 Å². The Morgan fingerprint density at radius 1 is 1.14 bits per heavy atom. The topological polar surface area (TPSA) is 73.6 Å². The molecule has 0 aliphatic carbocycles. The molecule has 5 heteroatoms. The van der Waals surface area contributed by atoms with Crippen LogP contribution in [0.25, 0.3) is 0 Å². The fourth-order valence-corrected chi connectivity index (χ4v) is 2.19. The Labute approximate surface area is 130 Å². The van der Waals surface area contributed by atoms with E-state index in [1.807, 2.05) is 18.2 Å². The monoisotopic (exact) mass is 300 g/mol. The van der Waals surface area contributed by atoms with Gasteiger partial charge in [-0.2, -0.15) is 0 Å². The molecule has 5 nitrogen and oxygen atoms in total. The van der Waals surface area contributed by atoms with E-state index in [9.17, 15) is 4.79 Å². The van der Waals surface area contributed by atoms with Crippen molar-refractivity contribution in [1.29, 1.82) is 0 Å². The highest BCUT2D eigenvalue weighted by molar-refractivity contribution is 5.99. The van der Waals surface area contributed by atoms with E-state index in [2.05, 4.69) is 5.32 Å². The summed E-state index contributed by atoms with van der Waals surface area (Å²) in [5.74, 6) is 1.35. The number of hydrogen-bond acceptors (Lipinski definition) is 4. The van der Waals surface area contributed by atoms with E-state index >= 15 is 0 Å². The maximum atomic E-state index is 12.1. The Hall–Kier alpha value is -2.69. The summed E-state index contributed by atoms with van der Waals surface area (Å²) in [4.78, 5) is 12.1. The van der Waals surface area contributed by atoms with Crippen molar-refractivity contribution in [3.63, 3.8) is 0 Å². The normalized spacial score (nSPS) is 10.1. The third-order valence-corrected chi connectivity index (χ3v) is 3.37. The summed E-state index contributed by atoms with van der Waals surface area (Å²) in [7, 11) is 3.24. The van der Waals surface area contributed by atoms with Crippen molar-refractivity contribution in [1.82, 2.24) is 5.32 Å². The molecule has 22 heavy (non-hydrogen) atoms. The standard InChI is InChI=1S/C17H20N2O3/c1-21-13-7-8-16(22-2)12(11-13)9-10-19-17(20)14-5-3-4-6-15(14)18/h3-8,11H,9-10,18H2,1-2H3,(H,19,20). The number of nitrogens with one attached hydrogen (secondary N) is 1. The minimum atomic E-state index is -0.181. The summed E-state index contributed by atoms with van der Waals surface area (Å²) in [6.07, 6.45) is 0.638. The summed E-state index contributed by atoms with van der Waals surface area (Å²) >= 11 is 0. The summed E-state index contributed by atoms with van der Waals surface area (Å²) in [5.41, 5.74) is 7.72. The quantitative estimate of drug-likeness (QED) is 0.803. The first-order valence-electron chi connectivity index (χ1n) is 6.99. The van der Waals surface area contributed by atoms with Crippen LogP contribution in [0, 0.1) is 0 Å². The smallest absolute Gasteiger partial charge is 0.253 e. The molecule has 2 aromatic rings. The fourth-order valence-electron chi connectivity index (χ4n) is 2.19. The average Bonchev–Trinajstić information content (AvgIpc) is 2.55. The molecule has 2 aromatic carbocycles. The molecular weight excluding hydrogens is 280 g/mol. The number of carbonyl (C=O) groups is 1. The van der Waals surface area contributed by atoms with Crippen LogP contribution in [0.3, 0.4) is 0 Å². The largest absolute Gasteiger partial charge is 0.497 e. The molecule has 0 bridgehead atoms. The van der Waals surface area contributed by atoms with Gasteiger partial charge in [0, 0.05) is 12.2 Å². The lowest BCUT2D eigenvalue weighted by atomic mass is 10.1. The van der Waals surface area contributed by atoms with Gasteiger partial charge in [0.2, 0.25) is 0 Å². The van der Waals surface area contributed by atoms with E-state index in [-0.39, 0.29) is 5.91 Å². The lowest BCUT2D eigenvalue weighted by molar-refractivity contribution is 0.0955. The van der Waals surface area contributed by atoms with E-state index in [0.29, 0.717) is 24.2 Å². The average molecular weight is 300 g/mol. The molecular formula is C17H20N2O3. The van der Waals surface area contributed by atoms with Crippen LogP contribution in [0.4, 0.5) is 5.69 Å². The molecule has 0 aliphatic heterocycles. The van der Waals surface area contributed by atoms with Gasteiger partial charge in [-0.25, -0.2) is 0 Å². The van der Waals surface area contributed by atoms with Gasteiger partial charge in [-0.1, -0.05) is 12.1 Å². The second-order valence-corrected chi connectivity index (χ2v) is 4.77. The van der Waals surface area contributed by atoms with Crippen molar-refractivity contribution in [2.75, 3.05) is 26.5 Å². The van der Waals surface area contributed by atoms with Gasteiger partial charge in [0.1, 0.15) is 11.5 Å². The zero-order valence-electron chi connectivity index (χ0n) is 12.8. The van der Waals surface area contributed by atoms with Crippen molar-refractivity contribution < 1.29 is 14.3 Å². The number of methoxy groups -OCH3 is 2. The van der Waals surface area contributed by atoms with E-state index < -0.39 is 0 Å². The van der Waals surface area contributed by atoms with Crippen LogP contribution >= 0.6 is 0 Å². The maximum absolute atomic E-state index is 12.1. The molecule has 0 heterocycles. The molecule has 0 aliphatic rings. The fraction of sp³-hybridized carbons (Fsp3) is 0.235. The first-order chi connectivity index (χ1) is 10.7. The number of ether oxygens (including phenoxy) is 2. The van der Waals surface area contributed by atoms with Gasteiger partial charge in [0.25, 0.3) is 5.91 Å². The number of nitrogens with two attached hydrogens (primary N) is 1. The van der Waals surface area contributed by atoms with Crippen molar-refractivity contribution in [3.8, 4) is 11.5 Å². The molecule has 0 radical (unpaired) electrons. The van der Waals surface area contributed by atoms with Crippen LogP contribution < -0.4 is 20.5 Å². The Morgan fingerprint density at radius 2 is 1.91 bits per heavy atom. The van der Waals surface area contributed by atoms with Crippen LogP contribution in [0.1, 0.15) is 15.9 Å². The summed E-state index contributed by atoms with van der Waals surface area (Å²) < 4.78 is 10.5. The summed E-state index contributed by atoms with van der Waals surface area (Å²) in [5, 5.41) is 2.86. The number of anilines is 1. The highest BCUT2D eigenvalue weighted by Gasteiger charge is 2.09. The highest BCUT2D eigenvalue weighted by Crippen LogP contribution is 2.24. The van der Waals surface area contributed by atoms with Gasteiger partial charge >= 0.3 is 0 Å². The summed E-state index contributed by atoms with van der Waals surface area (Å²) in [6, 6.07) is 12.6. The van der Waals surface area contributed by atoms with Crippen LogP contribution in [-0.4, -0.2) is 26.7 Å². The Balaban J connectivity index is 1.99. The molecule has 3 N–H and O–H groups in total. The number of benzene rings is 2. The lowest BCUT2D eigenvalue weighted by Gasteiger charge is -2.11. The first kappa shape index (κ1) is 15.7. The highest BCUT2D eigenvalue weighted by atomic mass is 16.5. The molecule has 2 rings (SSSR count). The SMILES string of the molecule is COc1ccc(OC)c(CCNC(=O)c2ccccc2N)c1. The molecule has 0 spiro atoms. The zero-order chi connectivity index (χ0) is 15.9. The molecule has 0 fully saturated rings. The van der Waals surface area contributed by atoms with Gasteiger partial charge in [-0.3, -0.25) is 4.79 Å². The van der Waals surface area contributed by atoms with Gasteiger partial charge in [0.05, 0.1) is 19.8 Å². The van der Waals surface area contributed by atoms with Crippen molar-refractivity contribution in [3.05, 3.63) is 53.6 Å².